The molecule has 0 bridgehead atoms. The molecule has 0 radical (unpaired) electrons. The Hall–Kier alpha value is -2.75. The van der Waals surface area contributed by atoms with Crippen LogP contribution in [0, 0.1) is 0 Å². The predicted molar refractivity (Wildman–Crippen MR) is 125 cm³/mol. The Bertz CT molecular complexity index is 946. The summed E-state index contributed by atoms with van der Waals surface area (Å²) in [6, 6.07) is 23.6. The zero-order valence-electron chi connectivity index (χ0n) is 17.5. The van der Waals surface area contributed by atoms with Crippen LogP contribution in [0.1, 0.15) is 16.7 Å². The number of rotatable bonds is 9. The molecule has 3 nitrogen and oxygen atoms in total. The normalized spacial score (nSPS) is 11.7. The second-order valence-electron chi connectivity index (χ2n) is 7.58. The minimum Gasteiger partial charge on any atom is -0.508 e. The van der Waals surface area contributed by atoms with E-state index in [0.29, 0.717) is 6.61 Å². The van der Waals surface area contributed by atoms with Crippen molar-refractivity contribution in [2.45, 2.75) is 12.8 Å². The lowest BCUT2D eigenvalue weighted by Crippen LogP contribution is -2.19. The summed E-state index contributed by atoms with van der Waals surface area (Å²) in [6.07, 6.45) is 3.86. The topological polar surface area (TPSA) is 32.7 Å². The van der Waals surface area contributed by atoms with Crippen molar-refractivity contribution in [3.63, 3.8) is 0 Å². The molecule has 0 aliphatic carbocycles. The average molecular weight is 422 g/mol. The SMILES string of the molecule is CN(C)CCOc1ccc(C/C(=C/Cc2ccc(O)cc2)c2ccc(Cl)cc2)cc1. The third kappa shape index (κ3) is 6.94. The molecule has 30 heavy (non-hydrogen) atoms. The molecule has 1 N–H and O–H groups in total. The van der Waals surface area contributed by atoms with Gasteiger partial charge in [0.05, 0.1) is 0 Å². The number of phenols is 1. The zero-order chi connectivity index (χ0) is 21.3. The molecule has 3 rings (SSSR count). The Kier molecular flexibility index (Phi) is 7.95. The molecular weight excluding hydrogens is 394 g/mol. The van der Waals surface area contributed by atoms with Gasteiger partial charge >= 0.3 is 0 Å². The molecule has 0 aliphatic heterocycles. The van der Waals surface area contributed by atoms with Crippen LogP contribution in [-0.4, -0.2) is 37.3 Å². The number of likely N-dealkylation sites (N-methyl/N-ethyl adjacent to an activating group) is 1. The molecule has 0 aromatic heterocycles. The highest BCUT2D eigenvalue weighted by Crippen LogP contribution is 2.24. The molecule has 3 aromatic carbocycles. The molecule has 0 aliphatic rings. The van der Waals surface area contributed by atoms with Gasteiger partial charge in [-0.2, -0.15) is 0 Å². The molecule has 0 spiro atoms. The van der Waals surface area contributed by atoms with E-state index in [0.717, 1.165) is 41.3 Å². The van der Waals surface area contributed by atoms with E-state index in [9.17, 15) is 5.11 Å². The average Bonchev–Trinajstić information content (AvgIpc) is 2.74. The van der Waals surface area contributed by atoms with Gasteiger partial charge in [0.2, 0.25) is 0 Å². The number of nitrogens with zero attached hydrogens (tertiary/aromatic N) is 1. The van der Waals surface area contributed by atoms with E-state index < -0.39 is 0 Å². The van der Waals surface area contributed by atoms with Gasteiger partial charge in [0.15, 0.2) is 0 Å². The Morgan fingerprint density at radius 1 is 0.900 bits per heavy atom. The van der Waals surface area contributed by atoms with Crippen molar-refractivity contribution in [3.05, 3.63) is 101 Å². The van der Waals surface area contributed by atoms with Crippen LogP contribution in [0.3, 0.4) is 0 Å². The van der Waals surface area contributed by atoms with E-state index in [1.807, 2.05) is 50.5 Å². The maximum Gasteiger partial charge on any atom is 0.119 e. The largest absolute Gasteiger partial charge is 0.508 e. The van der Waals surface area contributed by atoms with Crippen molar-refractivity contribution in [2.75, 3.05) is 27.2 Å². The number of phenolic OH excluding ortho intramolecular Hbond substituents is 1. The van der Waals surface area contributed by atoms with E-state index in [1.165, 1.54) is 11.1 Å². The highest BCUT2D eigenvalue weighted by molar-refractivity contribution is 6.30. The number of benzene rings is 3. The van der Waals surface area contributed by atoms with Gasteiger partial charge in [-0.3, -0.25) is 0 Å². The van der Waals surface area contributed by atoms with E-state index in [2.05, 4.69) is 35.2 Å². The monoisotopic (exact) mass is 421 g/mol. The van der Waals surface area contributed by atoms with E-state index in [1.54, 1.807) is 12.1 Å². The third-order valence-electron chi connectivity index (χ3n) is 4.86. The molecule has 0 atom stereocenters. The quantitative estimate of drug-likeness (QED) is 0.470. The Morgan fingerprint density at radius 3 is 2.17 bits per heavy atom. The fourth-order valence-corrected chi connectivity index (χ4v) is 3.22. The lowest BCUT2D eigenvalue weighted by molar-refractivity contribution is 0.261. The Morgan fingerprint density at radius 2 is 1.53 bits per heavy atom. The summed E-state index contributed by atoms with van der Waals surface area (Å²) < 4.78 is 5.80. The number of hydrogen-bond acceptors (Lipinski definition) is 3. The van der Waals surface area contributed by atoms with Crippen LogP contribution < -0.4 is 4.74 Å². The van der Waals surface area contributed by atoms with Gasteiger partial charge in [0.1, 0.15) is 18.1 Å². The highest BCUT2D eigenvalue weighted by Gasteiger charge is 2.05. The number of halogens is 1. The number of ether oxygens (including phenoxy) is 1. The standard InChI is InChI=1S/C26H28ClNO2/c1-28(2)17-18-30-26-15-6-21(7-16-26)19-23(22-9-11-24(27)12-10-22)8-3-20-4-13-25(29)14-5-20/h4-16,29H,3,17-19H2,1-2H3/b23-8-. The predicted octanol–water partition coefficient (Wildman–Crippen LogP) is 5.85. The van der Waals surface area contributed by atoms with Crippen molar-refractivity contribution < 1.29 is 9.84 Å². The van der Waals surface area contributed by atoms with Gasteiger partial charge in [0.25, 0.3) is 0 Å². The summed E-state index contributed by atoms with van der Waals surface area (Å²) >= 11 is 6.08. The highest BCUT2D eigenvalue weighted by atomic mass is 35.5. The number of hydrogen-bond donors (Lipinski definition) is 1. The minimum absolute atomic E-state index is 0.286. The first-order valence-corrected chi connectivity index (χ1v) is 10.5. The molecule has 156 valence electrons. The summed E-state index contributed by atoms with van der Waals surface area (Å²) in [4.78, 5) is 2.10. The van der Waals surface area contributed by atoms with Crippen molar-refractivity contribution in [3.8, 4) is 11.5 Å². The van der Waals surface area contributed by atoms with Crippen LogP contribution in [0.4, 0.5) is 0 Å². The van der Waals surface area contributed by atoms with Gasteiger partial charge in [-0.25, -0.2) is 0 Å². The fourth-order valence-electron chi connectivity index (χ4n) is 3.10. The molecule has 0 saturated heterocycles. The van der Waals surface area contributed by atoms with Gasteiger partial charge in [-0.15, -0.1) is 0 Å². The van der Waals surface area contributed by atoms with Crippen LogP contribution in [-0.2, 0) is 12.8 Å². The summed E-state index contributed by atoms with van der Waals surface area (Å²) in [5, 5.41) is 10.2. The molecule has 0 saturated carbocycles. The minimum atomic E-state index is 0.286. The first kappa shape index (κ1) is 21.9. The lowest BCUT2D eigenvalue weighted by Gasteiger charge is -2.12. The summed E-state index contributed by atoms with van der Waals surface area (Å²) in [5.74, 6) is 1.18. The van der Waals surface area contributed by atoms with Gasteiger partial charge in [-0.1, -0.05) is 54.1 Å². The number of aromatic hydroxyl groups is 1. The van der Waals surface area contributed by atoms with E-state index >= 15 is 0 Å². The van der Waals surface area contributed by atoms with Crippen LogP contribution in [0.15, 0.2) is 78.9 Å². The zero-order valence-corrected chi connectivity index (χ0v) is 18.3. The number of allylic oxidation sites excluding steroid dienone is 2. The first-order valence-electron chi connectivity index (χ1n) is 10.1. The summed E-state index contributed by atoms with van der Waals surface area (Å²) in [5.41, 5.74) is 4.77. The van der Waals surface area contributed by atoms with Crippen LogP contribution >= 0.6 is 11.6 Å². The summed E-state index contributed by atoms with van der Waals surface area (Å²) in [7, 11) is 4.07. The maximum atomic E-state index is 9.50. The Labute approximate surface area is 184 Å². The van der Waals surface area contributed by atoms with Crippen molar-refractivity contribution >= 4 is 17.2 Å². The van der Waals surface area contributed by atoms with Crippen molar-refractivity contribution in [2.24, 2.45) is 0 Å². The van der Waals surface area contributed by atoms with Crippen LogP contribution in [0.2, 0.25) is 5.02 Å². The molecule has 0 fully saturated rings. The second-order valence-corrected chi connectivity index (χ2v) is 8.02. The van der Waals surface area contributed by atoms with E-state index in [4.69, 9.17) is 16.3 Å². The van der Waals surface area contributed by atoms with Gasteiger partial charge in [-0.05, 0) is 85.6 Å². The molecule has 0 unspecified atom stereocenters. The first-order chi connectivity index (χ1) is 14.5. The molecular formula is C26H28ClNO2. The third-order valence-corrected chi connectivity index (χ3v) is 5.11. The second kappa shape index (κ2) is 10.9. The lowest BCUT2D eigenvalue weighted by atomic mass is 9.96. The van der Waals surface area contributed by atoms with Gasteiger partial charge < -0.3 is 14.7 Å². The fraction of sp³-hybridized carbons (Fsp3) is 0.231. The summed E-state index contributed by atoms with van der Waals surface area (Å²) in [6.45, 7) is 1.57. The molecule has 4 heteroatoms. The van der Waals surface area contributed by atoms with Crippen LogP contribution in [0.5, 0.6) is 11.5 Å². The van der Waals surface area contributed by atoms with Crippen molar-refractivity contribution in [1.82, 2.24) is 4.90 Å². The Balaban J connectivity index is 1.74. The van der Waals surface area contributed by atoms with Crippen LogP contribution in [0.25, 0.3) is 5.57 Å². The maximum absolute atomic E-state index is 9.50. The molecule has 0 heterocycles. The van der Waals surface area contributed by atoms with Gasteiger partial charge in [0, 0.05) is 11.6 Å². The molecule has 0 amide bonds. The molecule has 3 aromatic rings. The van der Waals surface area contributed by atoms with Crippen molar-refractivity contribution in [1.29, 1.82) is 0 Å². The smallest absolute Gasteiger partial charge is 0.119 e. The van der Waals surface area contributed by atoms with E-state index in [-0.39, 0.29) is 5.75 Å².